The summed E-state index contributed by atoms with van der Waals surface area (Å²) in [5.74, 6) is -1.10. The average Bonchev–Trinajstić information content (AvgIpc) is 1.64. The number of halogens is 7. The first-order valence-electron chi connectivity index (χ1n) is 39.0. The zero-order valence-electron chi connectivity index (χ0n) is 65.1. The molecule has 0 radical (unpaired) electrons. The monoisotopic (exact) mass is 1700 g/mol. The van der Waals surface area contributed by atoms with Crippen LogP contribution in [0.15, 0.2) is 218 Å². The summed E-state index contributed by atoms with van der Waals surface area (Å²) in [6, 6.07) is 64.7. The first kappa shape index (κ1) is 82.4. The van der Waals surface area contributed by atoms with E-state index in [2.05, 4.69) is 62.0 Å². The number of aromatic nitrogens is 16. The van der Waals surface area contributed by atoms with E-state index in [0.717, 1.165) is 77.2 Å². The lowest BCUT2D eigenvalue weighted by atomic mass is 10.1. The third-order valence-corrected chi connectivity index (χ3v) is 22.0. The van der Waals surface area contributed by atoms with Gasteiger partial charge in [-0.1, -0.05) is 191 Å². The fourth-order valence-electron chi connectivity index (χ4n) is 14.4. The maximum Gasteiger partial charge on any atom is 0.244 e. The van der Waals surface area contributed by atoms with Crippen LogP contribution in [0.1, 0.15) is 5.56 Å². The van der Waals surface area contributed by atoms with Crippen LogP contribution in [0.4, 0.5) is 13.2 Å². The molecule has 3 fully saturated rings. The van der Waals surface area contributed by atoms with Crippen molar-refractivity contribution in [2.24, 2.45) is 0 Å². The van der Waals surface area contributed by atoms with Gasteiger partial charge < -0.3 is 29.1 Å². The second-order valence-corrected chi connectivity index (χ2v) is 29.9. The van der Waals surface area contributed by atoms with Crippen LogP contribution in [0.5, 0.6) is 0 Å². The van der Waals surface area contributed by atoms with E-state index in [4.69, 9.17) is 70.8 Å². The Kier molecular flexibility index (Phi) is 25.8. The Morgan fingerprint density at radius 3 is 0.934 bits per heavy atom. The van der Waals surface area contributed by atoms with Crippen molar-refractivity contribution in [1.29, 1.82) is 0 Å². The molecule has 3 saturated heterocycles. The van der Waals surface area contributed by atoms with Crippen LogP contribution in [0, 0.1) is 24.4 Å². The van der Waals surface area contributed by atoms with Crippen LogP contribution < -0.4 is 0 Å². The number of hydrogen-bond acceptors (Lipinski definition) is 19. The van der Waals surface area contributed by atoms with Crippen molar-refractivity contribution < 1.29 is 42.1 Å². The zero-order chi connectivity index (χ0) is 83.5. The molecule has 3 aliphatic heterocycles. The molecule has 11 heterocycles. The molecule has 0 saturated carbocycles. The van der Waals surface area contributed by atoms with E-state index in [1.165, 1.54) is 41.1 Å². The zero-order valence-corrected chi connectivity index (χ0v) is 68.2. The second kappa shape index (κ2) is 37.9. The molecular weight excluding hydrogens is 1630 g/mol. The SMILES string of the molecule is Cc1cccc(-c2nn(CC(=O)N3CCOCC3)c3nnc(-c4ccccc4)c(Cl)c23)c1.Fc1ccc(-c2nn(CCN3CCOCC3)c3nnc(-c4ccccc4)c(Cl)c23)cc1.O=C(Cn1nc(-c2ccc(F)cc2)c2c(Cl)c(-c3ccccc3)nnc21)N1CCOCC1.OCCn1nc(-c2ccc(F)cc2)c2c(Cl)c(-c3ccccc3)nnc21. The minimum absolute atomic E-state index is 0.00656. The molecule has 0 spiro atoms. The molecule has 16 aromatic rings. The normalized spacial score (nSPS) is 13.7. The number of nitrogens with zero attached hydrogens (tertiary/aromatic N) is 19. The van der Waals surface area contributed by atoms with Gasteiger partial charge in [-0.25, -0.2) is 31.9 Å². The number of aliphatic hydroxyl groups excluding tert-OH is 1. The summed E-state index contributed by atoms with van der Waals surface area (Å²) in [5.41, 5.74) is 14.3. The van der Waals surface area contributed by atoms with E-state index in [-0.39, 0.29) is 55.5 Å². The van der Waals surface area contributed by atoms with Crippen LogP contribution in [0.25, 0.3) is 134 Å². The number of ether oxygens (including phenoxy) is 3. The number of morpholine rings is 3. The fourth-order valence-corrected chi connectivity index (χ4v) is 15.7. The van der Waals surface area contributed by atoms with Gasteiger partial charge in [0, 0.05) is 90.3 Å². The van der Waals surface area contributed by atoms with E-state index in [1.54, 1.807) is 55.6 Å². The Morgan fingerprint density at radius 2 is 0.612 bits per heavy atom. The largest absolute Gasteiger partial charge is 0.394 e. The first-order valence-corrected chi connectivity index (χ1v) is 40.5. The van der Waals surface area contributed by atoms with E-state index in [9.17, 15) is 27.9 Å². The molecule has 121 heavy (non-hydrogen) atoms. The van der Waals surface area contributed by atoms with Gasteiger partial charge in [0.1, 0.15) is 76.1 Å². The smallest absolute Gasteiger partial charge is 0.244 e. The summed E-state index contributed by atoms with van der Waals surface area (Å²) in [6.45, 7) is 11.3. The highest BCUT2D eigenvalue weighted by Crippen LogP contribution is 2.43. The molecule has 32 heteroatoms. The predicted molar refractivity (Wildman–Crippen MR) is 459 cm³/mol. The number of carbonyl (C=O) groups is 2. The molecule has 612 valence electrons. The number of aryl methyl sites for hydroxylation is 1. The van der Waals surface area contributed by atoms with Crippen molar-refractivity contribution in [1.82, 2.24) is 94.6 Å². The summed E-state index contributed by atoms with van der Waals surface area (Å²) in [7, 11) is 0. The minimum Gasteiger partial charge on any atom is -0.394 e. The van der Waals surface area contributed by atoms with Gasteiger partial charge in [-0.3, -0.25) is 14.5 Å². The number of amides is 2. The van der Waals surface area contributed by atoms with Gasteiger partial charge in [0.2, 0.25) is 11.8 Å². The Bertz CT molecular complexity index is 6340. The molecule has 0 unspecified atom stereocenters. The quantitative estimate of drug-likeness (QED) is 0.0887. The van der Waals surface area contributed by atoms with Gasteiger partial charge in [-0.15, -0.1) is 40.8 Å². The van der Waals surface area contributed by atoms with Crippen LogP contribution in [-0.2, 0) is 50.0 Å². The summed E-state index contributed by atoms with van der Waals surface area (Å²) < 4.78 is 63.0. The summed E-state index contributed by atoms with van der Waals surface area (Å²) >= 11 is 27.3. The van der Waals surface area contributed by atoms with Crippen molar-refractivity contribution in [3.05, 3.63) is 261 Å². The molecule has 1 N–H and O–H groups in total. The molecular formula is C89H76Cl4F3N19O6. The van der Waals surface area contributed by atoms with Crippen molar-refractivity contribution in [2.75, 3.05) is 92.1 Å². The first-order chi connectivity index (χ1) is 59.1. The Hall–Kier alpha value is -12.4. The second-order valence-electron chi connectivity index (χ2n) is 28.4. The number of fused-ring (bicyclic) bond motifs is 4. The number of aliphatic hydroxyl groups is 1. The highest BCUT2D eigenvalue weighted by molar-refractivity contribution is 6.40. The van der Waals surface area contributed by atoms with E-state index >= 15 is 0 Å². The van der Waals surface area contributed by atoms with Crippen LogP contribution in [0.2, 0.25) is 20.1 Å². The molecule has 0 bridgehead atoms. The van der Waals surface area contributed by atoms with Crippen molar-refractivity contribution in [3.63, 3.8) is 0 Å². The maximum absolute atomic E-state index is 13.5. The lowest BCUT2D eigenvalue weighted by Crippen LogP contribution is -2.42. The van der Waals surface area contributed by atoms with Crippen LogP contribution in [0.3, 0.4) is 0 Å². The highest BCUT2D eigenvalue weighted by Gasteiger charge is 2.29. The summed E-state index contributed by atoms with van der Waals surface area (Å²) in [6.07, 6.45) is 0. The third kappa shape index (κ3) is 18.4. The van der Waals surface area contributed by atoms with Crippen LogP contribution in [-0.4, -0.2) is 204 Å². The van der Waals surface area contributed by atoms with Crippen molar-refractivity contribution in [2.45, 2.75) is 33.1 Å². The minimum atomic E-state index is -0.351. The van der Waals surface area contributed by atoms with E-state index in [1.807, 2.05) is 151 Å². The molecule has 3 aliphatic rings. The molecule has 8 aromatic carbocycles. The van der Waals surface area contributed by atoms with Crippen molar-refractivity contribution >= 4 is 102 Å². The van der Waals surface area contributed by atoms with Crippen LogP contribution >= 0.6 is 46.4 Å². The number of hydrogen-bond donors (Lipinski definition) is 1. The Balaban J connectivity index is 0.000000120. The number of benzene rings is 8. The standard InChI is InChI=1S/C24H22ClN5O2.C23H19ClFN5O2.C23H21ClFN5O.C19H14ClFN4O/c1-16-6-5-9-18(14-16)22-20-21(25)23(17-7-3-2-4-8-17)26-27-24(20)30(28-22)15-19(31)29-10-12-32-13-11-29;24-20-19-21(16-6-8-17(25)9-7-16)28-30(14-18(31)29-10-12-32-13-11-29)23(19)27-26-22(20)15-4-2-1-3-5-15;24-20-19-21(17-6-8-18(25)9-7-17)28-30(11-10-29-12-14-31-15-13-29)23(19)27-26-22(20)16-4-2-1-3-5-16;20-16-15-17(13-6-8-14(21)9-7-13)24-25(10-11-26)19(15)23-22-18(16)12-4-2-1-3-5-12/h2-9,14H,10-13,15H2,1H3;1-9H,10-14H2;1-9H,10-15H2;1-9,26H,10-11H2. The summed E-state index contributed by atoms with van der Waals surface area (Å²) in [5, 5.41) is 67.5. The third-order valence-electron chi connectivity index (χ3n) is 20.6. The number of carbonyl (C=O) groups excluding carboxylic acids is 2. The van der Waals surface area contributed by atoms with Gasteiger partial charge in [0.15, 0.2) is 22.6 Å². The molecule has 19 rings (SSSR count). The molecule has 2 amide bonds. The fraction of sp³-hybridized carbons (Fsp3) is 0.213. The topological polar surface area (TPSA) is 266 Å². The van der Waals surface area contributed by atoms with Gasteiger partial charge >= 0.3 is 0 Å². The van der Waals surface area contributed by atoms with Crippen molar-refractivity contribution in [3.8, 4) is 90.1 Å². The Labute approximate surface area is 711 Å². The highest BCUT2D eigenvalue weighted by atomic mass is 35.5. The van der Waals surface area contributed by atoms with Gasteiger partial charge in [0.05, 0.1) is 101 Å². The molecule has 0 atom stereocenters. The number of rotatable bonds is 17. The van der Waals surface area contributed by atoms with Gasteiger partial charge in [-0.2, -0.15) is 20.4 Å². The Morgan fingerprint density at radius 1 is 0.331 bits per heavy atom. The lowest BCUT2D eigenvalue weighted by Gasteiger charge is -2.26. The maximum atomic E-state index is 13.5. The van der Waals surface area contributed by atoms with E-state index < -0.39 is 0 Å². The summed E-state index contributed by atoms with van der Waals surface area (Å²) in [4.78, 5) is 31.6. The predicted octanol–water partition coefficient (Wildman–Crippen LogP) is 16.0. The molecule has 0 aliphatic carbocycles. The molecule has 25 nitrogen and oxygen atoms in total. The molecule has 8 aromatic heterocycles. The lowest BCUT2D eigenvalue weighted by molar-refractivity contribution is -0.136. The van der Waals surface area contributed by atoms with E-state index in [0.29, 0.717) is 175 Å². The van der Waals surface area contributed by atoms with Gasteiger partial charge in [-0.05, 0) is 85.8 Å². The van der Waals surface area contributed by atoms with Gasteiger partial charge in [0.25, 0.3) is 0 Å². The average molecular weight is 1710 g/mol.